The van der Waals surface area contributed by atoms with Crippen LogP contribution in [0.4, 0.5) is 13.2 Å². The summed E-state index contributed by atoms with van der Waals surface area (Å²) < 4.78 is 43.1. The molecule has 0 fully saturated rings. The second-order valence-corrected chi connectivity index (χ2v) is 7.91. The van der Waals surface area contributed by atoms with Gasteiger partial charge in [0, 0.05) is 12.1 Å². The topological polar surface area (TPSA) is 69.0 Å². The maximum atomic E-state index is 12.9. The fourth-order valence-corrected chi connectivity index (χ4v) is 3.52. The van der Waals surface area contributed by atoms with Crippen molar-refractivity contribution in [2.45, 2.75) is 39.0 Å². The van der Waals surface area contributed by atoms with E-state index in [9.17, 15) is 18.0 Å². The number of hydrogen-bond acceptors (Lipinski definition) is 5. The van der Waals surface area contributed by atoms with E-state index in [4.69, 9.17) is 0 Å². The Hall–Kier alpha value is -2.46. The Morgan fingerprint density at radius 3 is 2.72 bits per heavy atom. The number of hydrogen-bond donors (Lipinski definition) is 1. The minimum absolute atomic E-state index is 0.0455. The number of halogens is 3. The first-order valence-electron chi connectivity index (χ1n) is 9.03. The van der Waals surface area contributed by atoms with Gasteiger partial charge in [0.15, 0.2) is 5.65 Å². The van der Waals surface area contributed by atoms with Gasteiger partial charge in [0.25, 0.3) is 5.91 Å². The molecule has 1 unspecified atom stereocenters. The first-order valence-corrected chi connectivity index (χ1v) is 9.91. The molecule has 3 aromatic rings. The SMILES string of the molecule is CC(COCC(F)(F)F)NC(=O)c1cc(-c2cccs2)nc2c1cnn2C(C)C. The van der Waals surface area contributed by atoms with Crippen molar-refractivity contribution < 1.29 is 22.7 Å². The number of nitrogens with zero attached hydrogens (tertiary/aromatic N) is 3. The maximum Gasteiger partial charge on any atom is 0.411 e. The summed E-state index contributed by atoms with van der Waals surface area (Å²) in [5.41, 5.74) is 1.59. The summed E-state index contributed by atoms with van der Waals surface area (Å²) in [7, 11) is 0. The average molecular weight is 426 g/mol. The van der Waals surface area contributed by atoms with Gasteiger partial charge in [-0.15, -0.1) is 11.3 Å². The van der Waals surface area contributed by atoms with Gasteiger partial charge in [-0.2, -0.15) is 18.3 Å². The molecule has 0 radical (unpaired) electrons. The van der Waals surface area contributed by atoms with Gasteiger partial charge in [0.05, 0.1) is 34.3 Å². The van der Waals surface area contributed by atoms with Gasteiger partial charge < -0.3 is 10.1 Å². The van der Waals surface area contributed by atoms with Crippen LogP contribution < -0.4 is 5.32 Å². The molecule has 0 aromatic carbocycles. The Morgan fingerprint density at radius 1 is 1.34 bits per heavy atom. The van der Waals surface area contributed by atoms with E-state index in [-0.39, 0.29) is 12.6 Å². The molecule has 6 nitrogen and oxygen atoms in total. The number of aromatic nitrogens is 3. The fourth-order valence-electron chi connectivity index (χ4n) is 2.83. The number of carbonyl (C=O) groups excluding carboxylic acids is 1. The average Bonchev–Trinajstić information content (AvgIpc) is 3.29. The highest BCUT2D eigenvalue weighted by atomic mass is 32.1. The van der Waals surface area contributed by atoms with E-state index < -0.39 is 24.7 Å². The summed E-state index contributed by atoms with van der Waals surface area (Å²) >= 11 is 1.50. The minimum Gasteiger partial charge on any atom is -0.370 e. The van der Waals surface area contributed by atoms with Crippen LogP contribution >= 0.6 is 11.3 Å². The highest BCUT2D eigenvalue weighted by Crippen LogP contribution is 2.29. The number of amides is 1. The Bertz CT molecular complexity index is 983. The Labute approximate surface area is 169 Å². The molecule has 3 aromatic heterocycles. The molecule has 0 saturated carbocycles. The summed E-state index contributed by atoms with van der Waals surface area (Å²) in [6, 6.07) is 4.93. The van der Waals surface area contributed by atoms with Crippen LogP contribution in [0.1, 0.15) is 37.2 Å². The molecule has 1 atom stereocenters. The van der Waals surface area contributed by atoms with Crippen molar-refractivity contribution in [3.05, 3.63) is 35.3 Å². The summed E-state index contributed by atoms with van der Waals surface area (Å²) in [5.74, 6) is -0.415. The van der Waals surface area contributed by atoms with Gasteiger partial charge in [-0.1, -0.05) is 6.07 Å². The third kappa shape index (κ3) is 5.13. The summed E-state index contributed by atoms with van der Waals surface area (Å²) in [6.45, 7) is 3.92. The molecule has 0 aliphatic carbocycles. The molecule has 0 spiro atoms. The van der Waals surface area contributed by atoms with E-state index in [0.717, 1.165) is 4.88 Å². The van der Waals surface area contributed by atoms with Gasteiger partial charge in [-0.05, 0) is 38.3 Å². The number of thiophene rings is 1. The third-order valence-electron chi connectivity index (χ3n) is 4.09. The third-order valence-corrected chi connectivity index (χ3v) is 4.98. The van der Waals surface area contributed by atoms with Gasteiger partial charge >= 0.3 is 6.18 Å². The van der Waals surface area contributed by atoms with Crippen molar-refractivity contribution in [1.29, 1.82) is 0 Å². The van der Waals surface area contributed by atoms with Crippen LogP contribution in [0.15, 0.2) is 29.8 Å². The van der Waals surface area contributed by atoms with Crippen LogP contribution in [0.25, 0.3) is 21.6 Å². The number of ether oxygens (including phenoxy) is 1. The van der Waals surface area contributed by atoms with Crippen LogP contribution in [0, 0.1) is 0 Å². The highest BCUT2D eigenvalue weighted by Gasteiger charge is 2.28. The first kappa shape index (κ1) is 21.3. The molecule has 3 heterocycles. The molecule has 0 saturated heterocycles. The summed E-state index contributed by atoms with van der Waals surface area (Å²) in [6.07, 6.45) is -2.82. The van der Waals surface area contributed by atoms with Gasteiger partial charge in [-0.3, -0.25) is 4.79 Å². The lowest BCUT2D eigenvalue weighted by Crippen LogP contribution is -2.37. The molecule has 156 valence electrons. The minimum atomic E-state index is -4.40. The molecule has 10 heteroatoms. The van der Waals surface area contributed by atoms with Gasteiger partial charge in [0.1, 0.15) is 6.61 Å². The fraction of sp³-hybridized carbons (Fsp3) is 0.421. The van der Waals surface area contributed by atoms with Gasteiger partial charge in [0.2, 0.25) is 0 Å². The molecule has 0 aliphatic heterocycles. The Balaban J connectivity index is 1.88. The zero-order chi connectivity index (χ0) is 21.2. The molecule has 0 aliphatic rings. The molecule has 29 heavy (non-hydrogen) atoms. The molecule has 3 rings (SSSR count). The zero-order valence-electron chi connectivity index (χ0n) is 16.2. The van der Waals surface area contributed by atoms with Crippen molar-refractivity contribution in [3.8, 4) is 10.6 Å². The lowest BCUT2D eigenvalue weighted by molar-refractivity contribution is -0.174. The van der Waals surface area contributed by atoms with Crippen molar-refractivity contribution in [2.24, 2.45) is 0 Å². The van der Waals surface area contributed by atoms with Crippen LogP contribution in [-0.2, 0) is 4.74 Å². The highest BCUT2D eigenvalue weighted by molar-refractivity contribution is 7.13. The van der Waals surface area contributed by atoms with E-state index in [0.29, 0.717) is 22.3 Å². The molecule has 1 amide bonds. The van der Waals surface area contributed by atoms with Crippen molar-refractivity contribution in [1.82, 2.24) is 20.1 Å². The molecule has 1 N–H and O–H groups in total. The number of fused-ring (bicyclic) bond motifs is 1. The van der Waals surface area contributed by atoms with Crippen LogP contribution in [-0.4, -0.2) is 46.1 Å². The zero-order valence-corrected chi connectivity index (χ0v) is 17.0. The van der Waals surface area contributed by atoms with Gasteiger partial charge in [-0.25, -0.2) is 9.67 Å². The predicted molar refractivity (Wildman–Crippen MR) is 105 cm³/mol. The van der Waals surface area contributed by atoms with Crippen LogP contribution in [0.5, 0.6) is 0 Å². The quantitative estimate of drug-likeness (QED) is 0.607. The second kappa shape index (κ2) is 8.50. The number of nitrogens with one attached hydrogen (secondary N) is 1. The van der Waals surface area contributed by atoms with E-state index in [1.807, 2.05) is 31.4 Å². The molecular weight excluding hydrogens is 405 g/mol. The maximum absolute atomic E-state index is 12.9. The molecule has 0 bridgehead atoms. The monoisotopic (exact) mass is 426 g/mol. The normalized spacial score (nSPS) is 13.2. The Kier molecular flexibility index (Phi) is 6.23. The van der Waals surface area contributed by atoms with E-state index in [1.165, 1.54) is 11.3 Å². The number of pyridine rings is 1. The number of alkyl halides is 3. The van der Waals surface area contributed by atoms with E-state index in [2.05, 4.69) is 20.1 Å². The number of carbonyl (C=O) groups is 1. The molecular formula is C19H21F3N4O2S. The lowest BCUT2D eigenvalue weighted by Gasteiger charge is -2.16. The standard InChI is InChI=1S/C19H21F3N4O2S/c1-11(2)26-17-14(8-23-26)13(7-15(25-17)16-5-4-6-29-16)18(27)24-12(3)9-28-10-19(20,21)22/h4-8,11-12H,9-10H2,1-3H3,(H,24,27). The Morgan fingerprint density at radius 2 is 2.10 bits per heavy atom. The summed E-state index contributed by atoms with van der Waals surface area (Å²) in [4.78, 5) is 18.5. The van der Waals surface area contributed by atoms with Crippen LogP contribution in [0.2, 0.25) is 0 Å². The van der Waals surface area contributed by atoms with Crippen molar-refractivity contribution in [2.75, 3.05) is 13.2 Å². The smallest absolute Gasteiger partial charge is 0.370 e. The van der Waals surface area contributed by atoms with E-state index in [1.54, 1.807) is 23.9 Å². The predicted octanol–water partition coefficient (Wildman–Crippen LogP) is 4.44. The van der Waals surface area contributed by atoms with Crippen LogP contribution in [0.3, 0.4) is 0 Å². The van der Waals surface area contributed by atoms with E-state index >= 15 is 0 Å². The van der Waals surface area contributed by atoms with Crippen molar-refractivity contribution in [3.63, 3.8) is 0 Å². The first-order chi connectivity index (χ1) is 13.7. The largest absolute Gasteiger partial charge is 0.411 e. The number of rotatable bonds is 7. The lowest BCUT2D eigenvalue weighted by atomic mass is 10.1. The van der Waals surface area contributed by atoms with Crippen molar-refractivity contribution >= 4 is 28.3 Å². The second-order valence-electron chi connectivity index (χ2n) is 6.96. The summed E-state index contributed by atoms with van der Waals surface area (Å²) in [5, 5.41) is 9.54.